The number of aliphatic imine (C=N–C) groups is 2. The van der Waals surface area contributed by atoms with Crippen LogP contribution in [0.4, 0.5) is 22.7 Å². The van der Waals surface area contributed by atoms with E-state index in [9.17, 15) is 0 Å². The molecule has 2 aromatic heterocycles. The van der Waals surface area contributed by atoms with E-state index in [0.717, 1.165) is 142 Å². The normalized spacial score (nSPS) is 15.5. The molecule has 1 atom stereocenters. The van der Waals surface area contributed by atoms with Crippen LogP contribution in [0.3, 0.4) is 0 Å². The number of furan rings is 2. The standard InChI is InChI=1S/C85H59N5O2/c1-3-19-53(20-4-1)55-37-40-57(41-38-55)71-45-63-47-75(88-51-86-50-87-52-88)81-76(90(64-27-11-12-28-64)74-46-62(44-60-25-9-14-30-66(60)74)59-42-39-54-21-7-8-24-58(54)43-59)48-77-80(70-33-17-32-67(83(70)91-77)56-22-5-2-6-23-56)82(81)78(63)85-79(71)69-34-18-36-73(84(69)92-85)89-49-61-26-10-13-29-65(61)68-31-15-16-35-72(68)89/h1-10,13-26,29-51,64,72H,11-12,27-28,52H2. The van der Waals surface area contributed by atoms with Crippen LogP contribution in [0.25, 0.3) is 143 Å². The molecule has 19 rings (SSSR count). The summed E-state index contributed by atoms with van der Waals surface area (Å²) in [5, 5.41) is 15.6. The maximum absolute atomic E-state index is 8.01. The fourth-order valence-electron chi connectivity index (χ4n) is 15.7. The Bertz CT molecular complexity index is 5830. The third kappa shape index (κ3) is 8.28. The van der Waals surface area contributed by atoms with E-state index in [1.807, 2.05) is 6.34 Å². The molecule has 0 saturated heterocycles. The van der Waals surface area contributed by atoms with Crippen LogP contribution in [-0.2, 0) is 0 Å². The molecule has 13 aromatic carbocycles. The number of nitrogens with zero attached hydrogens (tertiary/aromatic N) is 5. The van der Waals surface area contributed by atoms with Gasteiger partial charge in [0.15, 0.2) is 5.58 Å². The van der Waals surface area contributed by atoms with E-state index in [0.29, 0.717) is 6.67 Å². The largest absolute Gasteiger partial charge is 0.455 e. The zero-order chi connectivity index (χ0) is 60.4. The van der Waals surface area contributed by atoms with E-state index in [4.69, 9.17) is 18.8 Å². The van der Waals surface area contributed by atoms with Crippen LogP contribution in [0.2, 0.25) is 0 Å². The summed E-state index contributed by atoms with van der Waals surface area (Å²) in [5.41, 5.74) is 17.7. The molecule has 1 unspecified atom stereocenters. The molecule has 0 spiro atoms. The molecule has 7 heteroatoms. The van der Waals surface area contributed by atoms with Gasteiger partial charge in [0.05, 0.1) is 29.4 Å². The minimum absolute atomic E-state index is 0.0524. The summed E-state index contributed by atoms with van der Waals surface area (Å²) in [5.74, 6) is 0. The summed E-state index contributed by atoms with van der Waals surface area (Å²) in [6, 6.07) is 89.2. The molecular formula is C85H59N5O2. The first-order valence-electron chi connectivity index (χ1n) is 32.2. The van der Waals surface area contributed by atoms with Gasteiger partial charge in [0.25, 0.3) is 0 Å². The highest BCUT2D eigenvalue weighted by molar-refractivity contribution is 6.39. The van der Waals surface area contributed by atoms with Gasteiger partial charge in [-0.25, -0.2) is 4.99 Å². The van der Waals surface area contributed by atoms with Gasteiger partial charge in [0.2, 0.25) is 0 Å². The highest BCUT2D eigenvalue weighted by Gasteiger charge is 2.34. The van der Waals surface area contributed by atoms with E-state index in [1.54, 1.807) is 6.34 Å². The maximum Gasteiger partial charge on any atom is 0.159 e. The molecule has 436 valence electrons. The van der Waals surface area contributed by atoms with Crippen molar-refractivity contribution in [2.24, 2.45) is 9.98 Å². The number of para-hydroxylation sites is 2. The molecule has 0 bridgehead atoms. The predicted octanol–water partition coefficient (Wildman–Crippen LogP) is 20.6. The van der Waals surface area contributed by atoms with Crippen molar-refractivity contribution in [3.63, 3.8) is 0 Å². The van der Waals surface area contributed by atoms with Crippen molar-refractivity contribution in [1.29, 1.82) is 0 Å². The number of allylic oxidation sites excluding steroid dienone is 2. The van der Waals surface area contributed by atoms with Gasteiger partial charge in [0, 0.05) is 72.6 Å². The van der Waals surface area contributed by atoms with Gasteiger partial charge >= 0.3 is 0 Å². The lowest BCUT2D eigenvalue weighted by Crippen LogP contribution is -2.44. The van der Waals surface area contributed by atoms with Crippen LogP contribution < -0.4 is 25.1 Å². The summed E-state index contributed by atoms with van der Waals surface area (Å²) in [6.45, 7) is 0.388. The van der Waals surface area contributed by atoms with Gasteiger partial charge in [-0.05, 0) is 126 Å². The molecule has 92 heavy (non-hydrogen) atoms. The molecule has 0 N–H and O–H groups in total. The molecular weight excluding hydrogens is 1120 g/mol. The molecule has 0 amide bonds. The highest BCUT2D eigenvalue weighted by Crippen LogP contribution is 2.55. The fraction of sp³-hybridized carbons (Fsp3) is 0.0824. The number of anilines is 4. The lowest BCUT2D eigenvalue weighted by atomic mass is 9.88. The van der Waals surface area contributed by atoms with Crippen LogP contribution >= 0.6 is 0 Å². The van der Waals surface area contributed by atoms with Crippen molar-refractivity contribution < 1.29 is 8.83 Å². The molecule has 1 saturated carbocycles. The first-order chi connectivity index (χ1) is 45.6. The van der Waals surface area contributed by atoms with Crippen molar-refractivity contribution in [2.75, 3.05) is 21.4 Å². The first-order valence-corrected chi connectivity index (χ1v) is 32.2. The number of hydrogen-bond acceptors (Lipinski definition) is 7. The number of hydrogen-bond donors (Lipinski definition) is 0. The summed E-state index contributed by atoms with van der Waals surface area (Å²) in [6.07, 6.45) is 19.2. The molecule has 2 aliphatic heterocycles. The third-order valence-corrected chi connectivity index (χ3v) is 19.9. The van der Waals surface area contributed by atoms with Crippen molar-refractivity contribution >= 4 is 134 Å². The molecule has 0 radical (unpaired) electrons. The van der Waals surface area contributed by atoms with Gasteiger partial charge in [0.1, 0.15) is 29.8 Å². The second-order valence-corrected chi connectivity index (χ2v) is 25.0. The number of rotatable bonds is 9. The van der Waals surface area contributed by atoms with Gasteiger partial charge in [-0.3, -0.25) is 4.99 Å². The van der Waals surface area contributed by atoms with E-state index in [-0.39, 0.29) is 12.1 Å². The SMILES string of the molecule is C1=CC2=c3ccccc3=CN(c3cccc4c3oc3c4c(-c4ccc(-c5ccccc5)cc4)cc4cc(N5C=NC=NC5)c5c(N(c6cc(-c7ccc8ccccc8c7)cc7ccccc67)C6CCCC6)cc6oc7c(-c8ccccc8)cccc7c6c5c43)C2C=C1. The van der Waals surface area contributed by atoms with Gasteiger partial charge in [-0.1, -0.05) is 237 Å². The number of fused-ring (bicyclic) bond motifs is 15. The lowest BCUT2D eigenvalue weighted by molar-refractivity contribution is 0.666. The minimum Gasteiger partial charge on any atom is -0.455 e. The monoisotopic (exact) mass is 1180 g/mol. The van der Waals surface area contributed by atoms with Crippen LogP contribution in [0.5, 0.6) is 0 Å². The van der Waals surface area contributed by atoms with Crippen LogP contribution in [0.15, 0.2) is 286 Å². The van der Waals surface area contributed by atoms with Gasteiger partial charge < -0.3 is 23.5 Å². The molecule has 15 aromatic rings. The Morgan fingerprint density at radius 2 is 1.13 bits per heavy atom. The van der Waals surface area contributed by atoms with E-state index >= 15 is 0 Å². The summed E-state index contributed by atoms with van der Waals surface area (Å²) in [4.78, 5) is 17.1. The second kappa shape index (κ2) is 21.0. The number of benzene rings is 13. The third-order valence-electron chi connectivity index (χ3n) is 19.9. The van der Waals surface area contributed by atoms with Crippen LogP contribution in [0.1, 0.15) is 25.7 Å². The van der Waals surface area contributed by atoms with Crippen LogP contribution in [-0.4, -0.2) is 31.4 Å². The van der Waals surface area contributed by atoms with Gasteiger partial charge in [-0.2, -0.15) is 0 Å². The molecule has 7 nitrogen and oxygen atoms in total. The Morgan fingerprint density at radius 3 is 1.97 bits per heavy atom. The van der Waals surface area contributed by atoms with Gasteiger partial charge in [-0.15, -0.1) is 0 Å². The smallest absolute Gasteiger partial charge is 0.159 e. The van der Waals surface area contributed by atoms with Crippen molar-refractivity contribution in [3.8, 4) is 44.5 Å². The van der Waals surface area contributed by atoms with Crippen LogP contribution in [0, 0.1) is 0 Å². The topological polar surface area (TPSA) is 60.7 Å². The Hall–Kier alpha value is -11.5. The average Bonchev–Trinajstić information content (AvgIpc) is 1.41. The van der Waals surface area contributed by atoms with Crippen molar-refractivity contribution in [2.45, 2.75) is 37.8 Å². The average molecular weight is 1180 g/mol. The fourth-order valence-corrected chi connectivity index (χ4v) is 15.7. The molecule has 1 fully saturated rings. The Balaban J connectivity index is 0.982. The Morgan fingerprint density at radius 1 is 0.435 bits per heavy atom. The Labute approximate surface area is 531 Å². The summed E-state index contributed by atoms with van der Waals surface area (Å²) >= 11 is 0. The van der Waals surface area contributed by atoms with E-state index < -0.39 is 0 Å². The van der Waals surface area contributed by atoms with E-state index in [2.05, 4.69) is 288 Å². The van der Waals surface area contributed by atoms with E-state index in [1.165, 1.54) is 54.2 Å². The summed E-state index contributed by atoms with van der Waals surface area (Å²) in [7, 11) is 0. The minimum atomic E-state index is -0.0524. The zero-order valence-electron chi connectivity index (χ0n) is 50.4. The zero-order valence-corrected chi connectivity index (χ0v) is 50.4. The van der Waals surface area contributed by atoms with Crippen molar-refractivity contribution in [3.05, 3.63) is 277 Å². The summed E-state index contributed by atoms with van der Waals surface area (Å²) < 4.78 is 15.6. The maximum atomic E-state index is 8.01. The predicted molar refractivity (Wildman–Crippen MR) is 386 cm³/mol. The molecule has 2 aliphatic carbocycles. The van der Waals surface area contributed by atoms with Crippen molar-refractivity contribution in [1.82, 2.24) is 0 Å². The quantitative estimate of drug-likeness (QED) is 0.135. The highest BCUT2D eigenvalue weighted by atomic mass is 16.3. The Kier molecular flexibility index (Phi) is 12.0. The first kappa shape index (κ1) is 52.4. The molecule has 4 heterocycles. The lowest BCUT2D eigenvalue weighted by Gasteiger charge is -2.35. The molecule has 4 aliphatic rings. The second-order valence-electron chi connectivity index (χ2n) is 25.0.